The Bertz CT molecular complexity index is 1050. The van der Waals surface area contributed by atoms with E-state index < -0.39 is 12.0 Å². The lowest BCUT2D eigenvalue weighted by Crippen LogP contribution is -2.37. The van der Waals surface area contributed by atoms with Crippen LogP contribution in [0.15, 0.2) is 78.9 Å². The Kier molecular flexibility index (Phi) is 7.83. The molecule has 0 saturated carbocycles. The van der Waals surface area contributed by atoms with Crippen molar-refractivity contribution in [1.82, 2.24) is 4.90 Å². The van der Waals surface area contributed by atoms with E-state index in [2.05, 4.69) is 0 Å². The van der Waals surface area contributed by atoms with E-state index in [1.807, 2.05) is 30.3 Å². The number of amides is 2. The summed E-state index contributed by atoms with van der Waals surface area (Å²) in [6.45, 7) is 0.136. The molecule has 0 aromatic heterocycles. The molecule has 166 valence electrons. The Balaban J connectivity index is 1.73. The molecule has 7 nitrogen and oxygen atoms in total. The minimum atomic E-state index is -0.907. The number of benzene rings is 3. The first-order valence-corrected chi connectivity index (χ1v) is 10.1. The molecule has 0 aliphatic heterocycles. The van der Waals surface area contributed by atoms with Gasteiger partial charge in [-0.3, -0.25) is 9.59 Å². The molecule has 0 bridgehead atoms. The molecular formula is C25H26N2O5. The van der Waals surface area contributed by atoms with Crippen LogP contribution in [0, 0.1) is 0 Å². The molecule has 7 heteroatoms. The quantitative estimate of drug-likeness (QED) is 0.511. The monoisotopic (exact) mass is 434 g/mol. The summed E-state index contributed by atoms with van der Waals surface area (Å²) >= 11 is 0. The van der Waals surface area contributed by atoms with Gasteiger partial charge in [-0.25, -0.2) is 0 Å². The summed E-state index contributed by atoms with van der Waals surface area (Å²) in [6.07, 6.45) is -0.907. The molecule has 2 amide bonds. The van der Waals surface area contributed by atoms with Crippen molar-refractivity contribution in [3.63, 3.8) is 0 Å². The number of ether oxygens (including phenoxy) is 2. The first-order chi connectivity index (χ1) is 15.5. The van der Waals surface area contributed by atoms with Gasteiger partial charge in [0.05, 0.1) is 19.8 Å². The minimum absolute atomic E-state index is 0.0750. The number of carbonyl (C=O) groups is 2. The van der Waals surface area contributed by atoms with Gasteiger partial charge in [0.1, 0.15) is 11.5 Å². The third kappa shape index (κ3) is 6.33. The smallest absolute Gasteiger partial charge is 0.260 e. The summed E-state index contributed by atoms with van der Waals surface area (Å²) in [6, 6.07) is 22.9. The molecule has 0 fully saturated rings. The van der Waals surface area contributed by atoms with Crippen molar-refractivity contribution in [2.45, 2.75) is 12.6 Å². The van der Waals surface area contributed by atoms with Crippen LogP contribution < -0.4 is 15.2 Å². The Labute approximate surface area is 187 Å². The van der Waals surface area contributed by atoms with Crippen LogP contribution in [0.5, 0.6) is 11.5 Å². The molecule has 3 aromatic carbocycles. The van der Waals surface area contributed by atoms with Crippen LogP contribution in [-0.4, -0.2) is 42.1 Å². The number of hydrogen-bond acceptors (Lipinski definition) is 5. The molecule has 3 rings (SSSR count). The van der Waals surface area contributed by atoms with Crippen LogP contribution in [0.1, 0.15) is 27.6 Å². The Morgan fingerprint density at radius 2 is 1.69 bits per heavy atom. The van der Waals surface area contributed by atoms with Gasteiger partial charge in [-0.1, -0.05) is 48.5 Å². The van der Waals surface area contributed by atoms with Crippen molar-refractivity contribution >= 4 is 11.8 Å². The maximum atomic E-state index is 13.0. The topological polar surface area (TPSA) is 102 Å². The largest absolute Gasteiger partial charge is 0.497 e. The fourth-order valence-electron chi connectivity index (χ4n) is 3.20. The normalized spacial score (nSPS) is 11.4. The fourth-order valence-corrected chi connectivity index (χ4v) is 3.20. The summed E-state index contributed by atoms with van der Waals surface area (Å²) in [4.78, 5) is 25.9. The van der Waals surface area contributed by atoms with Gasteiger partial charge in [0, 0.05) is 12.1 Å². The highest BCUT2D eigenvalue weighted by Crippen LogP contribution is 2.21. The average Bonchev–Trinajstić information content (AvgIpc) is 2.83. The summed E-state index contributed by atoms with van der Waals surface area (Å²) in [7, 11) is 1.56. The lowest BCUT2D eigenvalue weighted by Gasteiger charge is -2.26. The van der Waals surface area contributed by atoms with Crippen molar-refractivity contribution in [1.29, 1.82) is 0 Å². The molecule has 0 spiro atoms. The van der Waals surface area contributed by atoms with Crippen LogP contribution >= 0.6 is 0 Å². The lowest BCUT2D eigenvalue weighted by molar-refractivity contribution is -0.135. The first-order valence-electron chi connectivity index (χ1n) is 10.1. The molecule has 0 aliphatic rings. The predicted octanol–water partition coefficient (Wildman–Crippen LogP) is 2.94. The van der Waals surface area contributed by atoms with Crippen LogP contribution in [0.3, 0.4) is 0 Å². The van der Waals surface area contributed by atoms with E-state index >= 15 is 0 Å². The van der Waals surface area contributed by atoms with Crippen molar-refractivity contribution in [2.24, 2.45) is 5.73 Å². The molecular weight excluding hydrogens is 408 g/mol. The van der Waals surface area contributed by atoms with Gasteiger partial charge in [0.2, 0.25) is 5.91 Å². The highest BCUT2D eigenvalue weighted by atomic mass is 16.5. The Hall–Kier alpha value is -3.84. The maximum Gasteiger partial charge on any atom is 0.260 e. The summed E-state index contributed by atoms with van der Waals surface area (Å²) in [5.41, 5.74) is 7.16. The zero-order chi connectivity index (χ0) is 22.9. The van der Waals surface area contributed by atoms with Gasteiger partial charge in [-0.15, -0.1) is 0 Å². The minimum Gasteiger partial charge on any atom is -0.497 e. The van der Waals surface area contributed by atoms with E-state index in [0.717, 1.165) is 5.56 Å². The van der Waals surface area contributed by atoms with E-state index in [1.54, 1.807) is 49.6 Å². The van der Waals surface area contributed by atoms with Crippen LogP contribution in [0.4, 0.5) is 0 Å². The zero-order valence-electron chi connectivity index (χ0n) is 17.8. The molecule has 0 saturated heterocycles. The molecule has 0 aliphatic carbocycles. The van der Waals surface area contributed by atoms with Gasteiger partial charge < -0.3 is 25.2 Å². The standard InChI is InChI=1S/C25H26N2O5/c1-31-21-11-5-9-19(13-21)23(28)16-27(15-18-7-3-2-4-8-18)24(29)17-32-22-12-6-10-20(14-22)25(26)30/h2-14,23,28H,15-17H2,1H3,(H2,26,30). The molecule has 0 radical (unpaired) electrons. The van der Waals surface area contributed by atoms with Crippen LogP contribution in [0.2, 0.25) is 0 Å². The van der Waals surface area contributed by atoms with Crippen LogP contribution in [-0.2, 0) is 11.3 Å². The highest BCUT2D eigenvalue weighted by molar-refractivity contribution is 5.93. The second-order valence-corrected chi connectivity index (χ2v) is 7.23. The number of nitrogens with zero attached hydrogens (tertiary/aromatic N) is 1. The SMILES string of the molecule is COc1cccc(C(O)CN(Cc2ccccc2)C(=O)COc2cccc(C(N)=O)c2)c1. The van der Waals surface area contributed by atoms with E-state index in [4.69, 9.17) is 15.2 Å². The first kappa shape index (κ1) is 22.8. The third-order valence-corrected chi connectivity index (χ3v) is 4.92. The summed E-state index contributed by atoms with van der Waals surface area (Å²) in [5, 5.41) is 10.8. The molecule has 32 heavy (non-hydrogen) atoms. The number of carbonyl (C=O) groups excluding carboxylic acids is 2. The van der Waals surface area contributed by atoms with Crippen LogP contribution in [0.25, 0.3) is 0 Å². The van der Waals surface area contributed by atoms with Gasteiger partial charge in [-0.05, 0) is 41.5 Å². The van der Waals surface area contributed by atoms with E-state index in [9.17, 15) is 14.7 Å². The van der Waals surface area contributed by atoms with Crippen molar-refractivity contribution in [3.05, 3.63) is 95.6 Å². The number of nitrogens with two attached hydrogens (primary N) is 1. The number of aliphatic hydroxyl groups excluding tert-OH is 1. The Morgan fingerprint density at radius 1 is 0.969 bits per heavy atom. The number of rotatable bonds is 10. The molecule has 3 N–H and O–H groups in total. The number of aliphatic hydroxyl groups is 1. The summed E-state index contributed by atoms with van der Waals surface area (Å²) in [5.74, 6) is 0.108. The Morgan fingerprint density at radius 3 is 2.41 bits per heavy atom. The van der Waals surface area contributed by atoms with Crippen molar-refractivity contribution < 1.29 is 24.2 Å². The van der Waals surface area contributed by atoms with Gasteiger partial charge in [-0.2, -0.15) is 0 Å². The number of methoxy groups -OCH3 is 1. The third-order valence-electron chi connectivity index (χ3n) is 4.92. The molecule has 1 unspecified atom stereocenters. The average molecular weight is 434 g/mol. The van der Waals surface area contributed by atoms with Crippen molar-refractivity contribution in [2.75, 3.05) is 20.3 Å². The molecule has 1 atom stereocenters. The number of primary amides is 1. The zero-order valence-corrected chi connectivity index (χ0v) is 17.8. The van der Waals surface area contributed by atoms with Gasteiger partial charge >= 0.3 is 0 Å². The maximum absolute atomic E-state index is 13.0. The lowest BCUT2D eigenvalue weighted by atomic mass is 10.1. The summed E-state index contributed by atoms with van der Waals surface area (Å²) < 4.78 is 10.8. The highest BCUT2D eigenvalue weighted by Gasteiger charge is 2.20. The molecule has 3 aromatic rings. The van der Waals surface area contributed by atoms with Gasteiger partial charge in [0.15, 0.2) is 6.61 Å². The van der Waals surface area contributed by atoms with E-state index in [1.165, 1.54) is 11.0 Å². The molecule has 0 heterocycles. The second-order valence-electron chi connectivity index (χ2n) is 7.23. The second kappa shape index (κ2) is 11.0. The van der Waals surface area contributed by atoms with Gasteiger partial charge in [0.25, 0.3) is 5.91 Å². The van der Waals surface area contributed by atoms with E-state index in [-0.39, 0.29) is 19.1 Å². The van der Waals surface area contributed by atoms with Crippen molar-refractivity contribution in [3.8, 4) is 11.5 Å². The predicted molar refractivity (Wildman–Crippen MR) is 120 cm³/mol. The fraction of sp³-hybridized carbons (Fsp3) is 0.200. The van der Waals surface area contributed by atoms with E-state index in [0.29, 0.717) is 29.2 Å². The number of hydrogen-bond donors (Lipinski definition) is 2.